The highest BCUT2D eigenvalue weighted by molar-refractivity contribution is 5.82. The third kappa shape index (κ3) is 2.03. The van der Waals surface area contributed by atoms with Crippen molar-refractivity contribution < 1.29 is 9.53 Å². The van der Waals surface area contributed by atoms with E-state index in [0.717, 1.165) is 19.3 Å². The molecule has 3 nitrogen and oxygen atoms in total. The smallest absolute Gasteiger partial charge is 0.326 e. The Balaban J connectivity index is 2.05. The van der Waals surface area contributed by atoms with Crippen molar-refractivity contribution in [2.24, 2.45) is 17.6 Å². The predicted molar refractivity (Wildman–Crippen MR) is 58.2 cm³/mol. The number of rotatable bonds is 1. The zero-order valence-corrected chi connectivity index (χ0v) is 9.88. The Hall–Kier alpha value is -0.570. The second-order valence-corrected chi connectivity index (χ2v) is 6.04. The molecule has 2 aliphatic carbocycles. The molecule has 3 heteroatoms. The third-order valence-corrected chi connectivity index (χ3v) is 3.53. The molecule has 0 aromatic heterocycles. The summed E-state index contributed by atoms with van der Waals surface area (Å²) in [7, 11) is 0. The Bertz CT molecular complexity index is 282. The molecule has 0 aromatic carbocycles. The summed E-state index contributed by atoms with van der Waals surface area (Å²) in [5, 5.41) is 0. The fraction of sp³-hybridized carbons (Fsp3) is 0.917. The Morgan fingerprint density at radius 1 is 1.47 bits per heavy atom. The van der Waals surface area contributed by atoms with Crippen molar-refractivity contribution >= 4 is 5.97 Å². The number of carbonyl (C=O) groups is 1. The highest BCUT2D eigenvalue weighted by atomic mass is 16.6. The van der Waals surface area contributed by atoms with Crippen LogP contribution in [0.5, 0.6) is 0 Å². The van der Waals surface area contributed by atoms with E-state index in [1.54, 1.807) is 0 Å². The lowest BCUT2D eigenvalue weighted by Gasteiger charge is -2.34. The molecule has 2 N–H and O–H groups in total. The second-order valence-electron chi connectivity index (χ2n) is 6.04. The summed E-state index contributed by atoms with van der Waals surface area (Å²) in [4.78, 5) is 12.0. The molecular weight excluding hydrogens is 190 g/mol. The van der Waals surface area contributed by atoms with Crippen molar-refractivity contribution in [3.63, 3.8) is 0 Å². The van der Waals surface area contributed by atoms with Crippen LogP contribution in [0.2, 0.25) is 0 Å². The lowest BCUT2D eigenvalue weighted by molar-refractivity contribution is -0.163. The van der Waals surface area contributed by atoms with Gasteiger partial charge in [-0.25, -0.2) is 0 Å². The van der Waals surface area contributed by atoms with Gasteiger partial charge in [-0.2, -0.15) is 0 Å². The molecule has 15 heavy (non-hydrogen) atoms. The zero-order valence-electron chi connectivity index (χ0n) is 9.88. The van der Waals surface area contributed by atoms with E-state index >= 15 is 0 Å². The monoisotopic (exact) mass is 211 g/mol. The molecule has 0 heterocycles. The molecule has 3 atom stereocenters. The third-order valence-electron chi connectivity index (χ3n) is 3.53. The summed E-state index contributed by atoms with van der Waals surface area (Å²) < 4.78 is 5.41. The van der Waals surface area contributed by atoms with Crippen LogP contribution in [0.15, 0.2) is 0 Å². The first-order valence-electron chi connectivity index (χ1n) is 5.85. The van der Waals surface area contributed by atoms with E-state index in [-0.39, 0.29) is 5.97 Å². The van der Waals surface area contributed by atoms with Crippen molar-refractivity contribution in [3.8, 4) is 0 Å². The maximum atomic E-state index is 12.0. The first-order chi connectivity index (χ1) is 6.83. The molecule has 2 aliphatic rings. The van der Waals surface area contributed by atoms with Gasteiger partial charge in [-0.3, -0.25) is 4.79 Å². The van der Waals surface area contributed by atoms with Gasteiger partial charge < -0.3 is 10.5 Å². The minimum atomic E-state index is -0.684. The highest BCUT2D eigenvalue weighted by Crippen LogP contribution is 2.54. The minimum absolute atomic E-state index is 0.192. The van der Waals surface area contributed by atoms with Crippen LogP contribution in [0.1, 0.15) is 46.5 Å². The van der Waals surface area contributed by atoms with Gasteiger partial charge >= 0.3 is 5.97 Å². The summed E-state index contributed by atoms with van der Waals surface area (Å²) in [6.45, 7) is 5.67. The average molecular weight is 211 g/mol. The molecule has 2 rings (SSSR count). The molecule has 2 fully saturated rings. The van der Waals surface area contributed by atoms with Crippen LogP contribution in [0.4, 0.5) is 0 Å². The van der Waals surface area contributed by atoms with Crippen molar-refractivity contribution in [3.05, 3.63) is 0 Å². The molecular formula is C12H21NO2. The molecule has 0 saturated heterocycles. The van der Waals surface area contributed by atoms with Gasteiger partial charge in [0.15, 0.2) is 0 Å². The number of ether oxygens (including phenoxy) is 1. The predicted octanol–water partition coefficient (Wildman–Crippen LogP) is 1.85. The number of hydrogen-bond acceptors (Lipinski definition) is 3. The van der Waals surface area contributed by atoms with Gasteiger partial charge in [-0.1, -0.05) is 12.8 Å². The summed E-state index contributed by atoms with van der Waals surface area (Å²) in [5.74, 6) is 0.888. The van der Waals surface area contributed by atoms with Crippen LogP contribution < -0.4 is 5.73 Å². The van der Waals surface area contributed by atoms with Crippen LogP contribution in [0.3, 0.4) is 0 Å². The number of fused-ring (bicyclic) bond motifs is 1. The quantitative estimate of drug-likeness (QED) is 0.673. The van der Waals surface area contributed by atoms with Gasteiger partial charge in [0.1, 0.15) is 11.1 Å². The number of nitrogens with two attached hydrogens (primary N) is 1. The fourth-order valence-corrected chi connectivity index (χ4v) is 2.67. The van der Waals surface area contributed by atoms with Crippen molar-refractivity contribution in [1.29, 1.82) is 0 Å². The lowest BCUT2D eigenvalue weighted by atomic mass is 9.82. The van der Waals surface area contributed by atoms with Gasteiger partial charge in [0.05, 0.1) is 0 Å². The van der Waals surface area contributed by atoms with E-state index in [4.69, 9.17) is 10.5 Å². The van der Waals surface area contributed by atoms with Gasteiger partial charge in [-0.05, 0) is 45.4 Å². The Morgan fingerprint density at radius 3 is 2.73 bits per heavy atom. The Kier molecular flexibility index (Phi) is 2.34. The normalized spacial score (nSPS) is 39.5. The molecule has 2 saturated carbocycles. The molecule has 0 aliphatic heterocycles. The molecule has 0 aromatic rings. The second kappa shape index (κ2) is 3.21. The average Bonchev–Trinajstić information content (AvgIpc) is 2.81. The Labute approximate surface area is 91.4 Å². The fourth-order valence-electron chi connectivity index (χ4n) is 2.67. The van der Waals surface area contributed by atoms with E-state index in [1.807, 2.05) is 20.8 Å². The lowest BCUT2D eigenvalue weighted by Crippen LogP contribution is -2.54. The van der Waals surface area contributed by atoms with Crippen molar-refractivity contribution in [2.45, 2.75) is 57.6 Å². The Morgan fingerprint density at radius 2 is 2.13 bits per heavy atom. The van der Waals surface area contributed by atoms with Gasteiger partial charge in [0, 0.05) is 0 Å². The van der Waals surface area contributed by atoms with E-state index in [2.05, 4.69) is 0 Å². The largest absolute Gasteiger partial charge is 0.459 e. The van der Waals surface area contributed by atoms with Gasteiger partial charge in [-0.15, -0.1) is 0 Å². The number of esters is 1. The first-order valence-corrected chi connectivity index (χ1v) is 5.85. The summed E-state index contributed by atoms with van der Waals surface area (Å²) in [6.07, 6.45) is 4.22. The highest BCUT2D eigenvalue weighted by Gasteiger charge is 2.58. The molecule has 0 amide bonds. The van der Waals surface area contributed by atoms with E-state index < -0.39 is 11.1 Å². The minimum Gasteiger partial charge on any atom is -0.459 e. The summed E-state index contributed by atoms with van der Waals surface area (Å²) in [5.41, 5.74) is 5.11. The topological polar surface area (TPSA) is 52.3 Å². The molecule has 3 unspecified atom stereocenters. The van der Waals surface area contributed by atoms with E-state index in [9.17, 15) is 4.79 Å². The SMILES string of the molecule is CC(C)(C)OC(=O)C1(N)CCCC2CC21. The van der Waals surface area contributed by atoms with Crippen LogP contribution in [-0.4, -0.2) is 17.1 Å². The number of hydrogen-bond donors (Lipinski definition) is 1. The number of carbonyl (C=O) groups excluding carboxylic acids is 1. The molecule has 0 spiro atoms. The molecule has 0 bridgehead atoms. The summed E-state index contributed by atoms with van der Waals surface area (Å²) >= 11 is 0. The van der Waals surface area contributed by atoms with Crippen molar-refractivity contribution in [2.75, 3.05) is 0 Å². The standard InChI is InChI=1S/C12H21NO2/c1-11(2,3)15-10(14)12(13)6-4-5-8-7-9(8)12/h8-9H,4-7,13H2,1-3H3. The first kappa shape index (κ1) is 10.9. The van der Waals surface area contributed by atoms with Gasteiger partial charge in [0.25, 0.3) is 0 Å². The maximum absolute atomic E-state index is 12.0. The van der Waals surface area contributed by atoms with E-state index in [1.165, 1.54) is 6.42 Å². The van der Waals surface area contributed by atoms with Crippen molar-refractivity contribution in [1.82, 2.24) is 0 Å². The van der Waals surface area contributed by atoms with E-state index in [0.29, 0.717) is 11.8 Å². The summed E-state index contributed by atoms with van der Waals surface area (Å²) in [6, 6.07) is 0. The molecule has 86 valence electrons. The van der Waals surface area contributed by atoms with Crippen LogP contribution in [-0.2, 0) is 9.53 Å². The van der Waals surface area contributed by atoms with Crippen LogP contribution in [0, 0.1) is 11.8 Å². The van der Waals surface area contributed by atoms with Crippen LogP contribution in [0.25, 0.3) is 0 Å². The zero-order chi connectivity index (χ0) is 11.3. The van der Waals surface area contributed by atoms with Gasteiger partial charge in [0.2, 0.25) is 0 Å². The molecule has 0 radical (unpaired) electrons. The van der Waals surface area contributed by atoms with Crippen LogP contribution >= 0.6 is 0 Å². The maximum Gasteiger partial charge on any atom is 0.326 e.